The van der Waals surface area contributed by atoms with Crippen LogP contribution in [0.25, 0.3) is 0 Å². The van der Waals surface area contributed by atoms with Gasteiger partial charge in [-0.05, 0) is 29.8 Å². The average Bonchev–Trinajstić information content (AvgIpc) is 2.45. The van der Waals surface area contributed by atoms with Crippen LogP contribution >= 0.6 is 0 Å². The third kappa shape index (κ3) is 4.61. The molecule has 0 radical (unpaired) electrons. The maximum absolute atomic E-state index is 11.7. The van der Waals surface area contributed by atoms with E-state index in [0.29, 0.717) is 31.0 Å². The lowest BCUT2D eigenvalue weighted by atomic mass is 10.2. The topological polar surface area (TPSA) is 77.2 Å². The second-order valence-corrected chi connectivity index (χ2v) is 4.30. The molecule has 0 atom stereocenters. The molecule has 2 aromatic rings. The van der Waals surface area contributed by atoms with Gasteiger partial charge < -0.3 is 15.8 Å². The number of ether oxygens (including phenoxy) is 1. The second kappa shape index (κ2) is 7.13. The standard InChI is InChI=1S/C15H17N3O2/c16-13-2-1-3-14(11-13)20-9-8-18-15(19)10-12-4-6-17-7-5-12/h1-7,11H,8-10,16H2,(H,18,19). The predicted molar refractivity (Wildman–Crippen MR) is 77.3 cm³/mol. The van der Waals surface area contributed by atoms with E-state index in [1.54, 1.807) is 24.5 Å². The van der Waals surface area contributed by atoms with Gasteiger partial charge in [0.15, 0.2) is 0 Å². The summed E-state index contributed by atoms with van der Waals surface area (Å²) in [6.45, 7) is 0.865. The van der Waals surface area contributed by atoms with Gasteiger partial charge in [-0.25, -0.2) is 0 Å². The van der Waals surface area contributed by atoms with Gasteiger partial charge in [-0.15, -0.1) is 0 Å². The summed E-state index contributed by atoms with van der Waals surface area (Å²) in [5, 5.41) is 2.80. The molecule has 0 aliphatic carbocycles. The molecule has 5 heteroatoms. The SMILES string of the molecule is Nc1cccc(OCCNC(=O)Cc2ccncc2)c1. The minimum absolute atomic E-state index is 0.0348. The summed E-state index contributed by atoms with van der Waals surface area (Å²) < 4.78 is 5.48. The minimum atomic E-state index is -0.0348. The lowest BCUT2D eigenvalue weighted by Crippen LogP contribution is -2.29. The van der Waals surface area contributed by atoms with E-state index in [-0.39, 0.29) is 5.91 Å². The Bertz CT molecular complexity index is 558. The molecule has 1 aromatic heterocycles. The van der Waals surface area contributed by atoms with Gasteiger partial charge in [-0.1, -0.05) is 6.07 Å². The first-order chi connectivity index (χ1) is 9.74. The Morgan fingerprint density at radius 1 is 1.25 bits per heavy atom. The van der Waals surface area contributed by atoms with Crippen molar-refractivity contribution in [2.45, 2.75) is 6.42 Å². The van der Waals surface area contributed by atoms with Crippen molar-refractivity contribution in [2.75, 3.05) is 18.9 Å². The Kier molecular flexibility index (Phi) is 4.94. The van der Waals surface area contributed by atoms with Crippen LogP contribution in [0, 0.1) is 0 Å². The van der Waals surface area contributed by atoms with Crippen LogP contribution in [0.4, 0.5) is 5.69 Å². The van der Waals surface area contributed by atoms with Gasteiger partial charge in [0.25, 0.3) is 0 Å². The van der Waals surface area contributed by atoms with Crippen molar-refractivity contribution >= 4 is 11.6 Å². The van der Waals surface area contributed by atoms with E-state index in [1.807, 2.05) is 24.3 Å². The van der Waals surface area contributed by atoms with Crippen molar-refractivity contribution in [1.82, 2.24) is 10.3 Å². The molecular formula is C15H17N3O2. The van der Waals surface area contributed by atoms with Crippen LogP contribution < -0.4 is 15.8 Å². The second-order valence-electron chi connectivity index (χ2n) is 4.30. The Labute approximate surface area is 117 Å². The number of hydrogen-bond acceptors (Lipinski definition) is 4. The Morgan fingerprint density at radius 2 is 2.05 bits per heavy atom. The number of pyridine rings is 1. The number of nitrogen functional groups attached to an aromatic ring is 1. The largest absolute Gasteiger partial charge is 0.492 e. The molecule has 0 aliphatic heterocycles. The molecule has 0 spiro atoms. The number of rotatable bonds is 6. The fraction of sp³-hybridized carbons (Fsp3) is 0.200. The van der Waals surface area contributed by atoms with Crippen LogP contribution in [0.1, 0.15) is 5.56 Å². The molecule has 0 saturated carbocycles. The van der Waals surface area contributed by atoms with E-state index in [4.69, 9.17) is 10.5 Å². The Hall–Kier alpha value is -2.56. The number of carbonyl (C=O) groups is 1. The molecule has 104 valence electrons. The van der Waals surface area contributed by atoms with Gasteiger partial charge >= 0.3 is 0 Å². The van der Waals surface area contributed by atoms with E-state index >= 15 is 0 Å². The van der Waals surface area contributed by atoms with E-state index < -0.39 is 0 Å². The van der Waals surface area contributed by atoms with E-state index in [9.17, 15) is 4.79 Å². The fourth-order valence-electron chi connectivity index (χ4n) is 1.71. The van der Waals surface area contributed by atoms with Crippen molar-refractivity contribution in [3.63, 3.8) is 0 Å². The summed E-state index contributed by atoms with van der Waals surface area (Å²) in [4.78, 5) is 15.6. The number of nitrogens with two attached hydrogens (primary N) is 1. The smallest absolute Gasteiger partial charge is 0.224 e. The first-order valence-corrected chi connectivity index (χ1v) is 6.38. The molecule has 0 bridgehead atoms. The highest BCUT2D eigenvalue weighted by atomic mass is 16.5. The van der Waals surface area contributed by atoms with Crippen LogP contribution in [0.5, 0.6) is 5.75 Å². The molecule has 0 unspecified atom stereocenters. The van der Waals surface area contributed by atoms with Gasteiger partial charge in [0.1, 0.15) is 12.4 Å². The van der Waals surface area contributed by atoms with Gasteiger partial charge in [-0.3, -0.25) is 9.78 Å². The Balaban J connectivity index is 1.67. The van der Waals surface area contributed by atoms with Gasteiger partial charge in [0, 0.05) is 24.1 Å². The zero-order valence-electron chi connectivity index (χ0n) is 11.1. The molecule has 20 heavy (non-hydrogen) atoms. The average molecular weight is 271 g/mol. The van der Waals surface area contributed by atoms with Crippen molar-refractivity contribution < 1.29 is 9.53 Å². The first-order valence-electron chi connectivity index (χ1n) is 6.38. The summed E-state index contributed by atoms with van der Waals surface area (Å²) in [5.41, 5.74) is 7.24. The van der Waals surface area contributed by atoms with Crippen LogP contribution in [0.2, 0.25) is 0 Å². The van der Waals surface area contributed by atoms with E-state index in [0.717, 1.165) is 5.56 Å². The molecule has 0 fully saturated rings. The number of benzene rings is 1. The molecule has 0 aliphatic rings. The zero-order valence-corrected chi connectivity index (χ0v) is 11.1. The first kappa shape index (κ1) is 13.9. The van der Waals surface area contributed by atoms with Gasteiger partial charge in [0.2, 0.25) is 5.91 Å². The van der Waals surface area contributed by atoms with Crippen molar-refractivity contribution in [3.8, 4) is 5.75 Å². The number of carbonyl (C=O) groups excluding carboxylic acids is 1. The summed E-state index contributed by atoms with van der Waals surface area (Å²) in [6.07, 6.45) is 3.69. The van der Waals surface area contributed by atoms with Crippen LogP contribution in [0.15, 0.2) is 48.8 Å². The summed E-state index contributed by atoms with van der Waals surface area (Å²) >= 11 is 0. The van der Waals surface area contributed by atoms with Crippen LogP contribution in [0.3, 0.4) is 0 Å². The molecule has 0 saturated heterocycles. The summed E-state index contributed by atoms with van der Waals surface area (Å²) in [6, 6.07) is 10.8. The van der Waals surface area contributed by atoms with Crippen LogP contribution in [-0.2, 0) is 11.2 Å². The van der Waals surface area contributed by atoms with E-state index in [1.165, 1.54) is 0 Å². The minimum Gasteiger partial charge on any atom is -0.492 e. The third-order valence-electron chi connectivity index (χ3n) is 2.67. The molecule has 3 N–H and O–H groups in total. The molecule has 2 rings (SSSR count). The van der Waals surface area contributed by atoms with Crippen molar-refractivity contribution in [3.05, 3.63) is 54.4 Å². The number of aromatic nitrogens is 1. The van der Waals surface area contributed by atoms with Gasteiger partial charge in [-0.2, -0.15) is 0 Å². The highest BCUT2D eigenvalue weighted by molar-refractivity contribution is 5.78. The lowest BCUT2D eigenvalue weighted by Gasteiger charge is -2.08. The van der Waals surface area contributed by atoms with Crippen molar-refractivity contribution in [2.24, 2.45) is 0 Å². The predicted octanol–water partition coefficient (Wildman–Crippen LogP) is 1.40. The number of nitrogens with zero attached hydrogens (tertiary/aromatic N) is 1. The molecular weight excluding hydrogens is 254 g/mol. The summed E-state index contributed by atoms with van der Waals surface area (Å²) in [5.74, 6) is 0.667. The number of nitrogens with one attached hydrogen (secondary N) is 1. The molecule has 5 nitrogen and oxygen atoms in total. The monoisotopic (exact) mass is 271 g/mol. The zero-order chi connectivity index (χ0) is 14.2. The maximum atomic E-state index is 11.7. The fourth-order valence-corrected chi connectivity index (χ4v) is 1.71. The normalized spacial score (nSPS) is 10.0. The number of amides is 1. The lowest BCUT2D eigenvalue weighted by molar-refractivity contribution is -0.120. The highest BCUT2D eigenvalue weighted by Gasteiger charge is 2.02. The maximum Gasteiger partial charge on any atom is 0.224 e. The summed E-state index contributed by atoms with van der Waals surface area (Å²) in [7, 11) is 0. The number of hydrogen-bond donors (Lipinski definition) is 2. The molecule has 1 heterocycles. The quantitative estimate of drug-likeness (QED) is 0.615. The Morgan fingerprint density at radius 3 is 2.80 bits per heavy atom. The van der Waals surface area contributed by atoms with E-state index in [2.05, 4.69) is 10.3 Å². The number of anilines is 1. The molecule has 1 aromatic carbocycles. The van der Waals surface area contributed by atoms with Gasteiger partial charge in [0.05, 0.1) is 13.0 Å². The highest BCUT2D eigenvalue weighted by Crippen LogP contribution is 2.13. The molecule has 1 amide bonds. The third-order valence-corrected chi connectivity index (χ3v) is 2.67. The van der Waals surface area contributed by atoms with Crippen LogP contribution in [-0.4, -0.2) is 24.0 Å². The van der Waals surface area contributed by atoms with Crippen molar-refractivity contribution in [1.29, 1.82) is 0 Å².